The first-order valence-electron chi connectivity index (χ1n) is 11.7. The molecule has 2 aromatic carbocycles. The molecule has 32 heavy (non-hydrogen) atoms. The number of benzene rings is 2. The standard InChI is InChI=1S/C27H40O4Si/c1-26(2,3)32(21-13-9-7-10-14-21,22-15-11-8-12-16-22)31-19-24-23(27(24,4)20-28)17-18-25(29-5)30-6/h7-16,23-25,28H,17-20H2,1-6H3/t23-,24-,27-/m0/s1. The first-order chi connectivity index (χ1) is 15.2. The van der Waals surface area contributed by atoms with Crippen molar-refractivity contribution in [2.75, 3.05) is 27.4 Å². The topological polar surface area (TPSA) is 47.9 Å². The van der Waals surface area contributed by atoms with Crippen LogP contribution in [0.5, 0.6) is 0 Å². The number of methoxy groups -OCH3 is 2. The first-order valence-corrected chi connectivity index (χ1v) is 13.6. The van der Waals surface area contributed by atoms with E-state index in [4.69, 9.17) is 13.9 Å². The Morgan fingerprint density at radius 1 is 0.906 bits per heavy atom. The minimum Gasteiger partial charge on any atom is -0.407 e. The molecule has 0 radical (unpaired) electrons. The fraction of sp³-hybridized carbons (Fsp3) is 0.556. The van der Waals surface area contributed by atoms with Crippen LogP contribution < -0.4 is 10.4 Å². The van der Waals surface area contributed by atoms with Gasteiger partial charge in [0.25, 0.3) is 8.32 Å². The van der Waals surface area contributed by atoms with Gasteiger partial charge in [-0.1, -0.05) is 88.4 Å². The molecule has 4 nitrogen and oxygen atoms in total. The highest BCUT2D eigenvalue weighted by molar-refractivity contribution is 6.99. The summed E-state index contributed by atoms with van der Waals surface area (Å²) < 4.78 is 17.9. The van der Waals surface area contributed by atoms with Crippen LogP contribution in [-0.4, -0.2) is 47.1 Å². The fourth-order valence-corrected chi connectivity index (χ4v) is 10.0. The van der Waals surface area contributed by atoms with Gasteiger partial charge in [-0.15, -0.1) is 0 Å². The monoisotopic (exact) mass is 456 g/mol. The Labute approximate surface area is 195 Å². The van der Waals surface area contributed by atoms with Crippen LogP contribution >= 0.6 is 0 Å². The molecule has 3 atom stereocenters. The second-order valence-electron chi connectivity index (χ2n) is 10.3. The molecule has 0 spiro atoms. The molecule has 0 saturated heterocycles. The lowest BCUT2D eigenvalue weighted by atomic mass is 10.0. The number of hydrogen-bond donors (Lipinski definition) is 1. The van der Waals surface area contributed by atoms with E-state index in [1.54, 1.807) is 14.2 Å². The Balaban J connectivity index is 1.89. The summed E-state index contributed by atoms with van der Waals surface area (Å²) in [5, 5.41) is 12.7. The van der Waals surface area contributed by atoms with Crippen molar-refractivity contribution in [3.8, 4) is 0 Å². The minimum absolute atomic E-state index is 0.0487. The highest BCUT2D eigenvalue weighted by atomic mass is 28.4. The van der Waals surface area contributed by atoms with Crippen molar-refractivity contribution in [1.29, 1.82) is 0 Å². The number of aliphatic hydroxyl groups excluding tert-OH is 1. The Bertz CT molecular complexity index is 792. The van der Waals surface area contributed by atoms with Gasteiger partial charge in [0.2, 0.25) is 0 Å². The van der Waals surface area contributed by atoms with Crippen LogP contribution in [0, 0.1) is 17.3 Å². The van der Waals surface area contributed by atoms with Gasteiger partial charge in [0, 0.05) is 27.4 Å². The summed E-state index contributed by atoms with van der Waals surface area (Å²) in [5.41, 5.74) is -0.114. The van der Waals surface area contributed by atoms with Gasteiger partial charge in [-0.25, -0.2) is 0 Å². The van der Waals surface area contributed by atoms with E-state index in [9.17, 15) is 5.11 Å². The normalized spacial score (nSPS) is 23.5. The molecule has 1 N–H and O–H groups in total. The zero-order valence-electron chi connectivity index (χ0n) is 20.5. The lowest BCUT2D eigenvalue weighted by molar-refractivity contribution is -0.108. The third kappa shape index (κ3) is 4.73. The molecule has 2 aromatic rings. The molecule has 5 heteroatoms. The van der Waals surface area contributed by atoms with Crippen molar-refractivity contribution >= 4 is 18.7 Å². The average Bonchev–Trinajstić information content (AvgIpc) is 3.38. The highest BCUT2D eigenvalue weighted by Gasteiger charge is 2.61. The van der Waals surface area contributed by atoms with Crippen LogP contribution in [0.3, 0.4) is 0 Å². The molecule has 0 unspecified atom stereocenters. The second kappa shape index (κ2) is 10.2. The van der Waals surface area contributed by atoms with E-state index in [2.05, 4.69) is 88.4 Å². The van der Waals surface area contributed by atoms with Gasteiger partial charge in [0.05, 0.1) is 0 Å². The van der Waals surface area contributed by atoms with Crippen LogP contribution in [0.2, 0.25) is 5.04 Å². The maximum Gasteiger partial charge on any atom is 0.261 e. The van der Waals surface area contributed by atoms with E-state index >= 15 is 0 Å². The summed E-state index contributed by atoms with van der Waals surface area (Å²) in [6.45, 7) is 9.92. The molecule has 1 aliphatic carbocycles. The number of rotatable bonds is 11. The lowest BCUT2D eigenvalue weighted by Gasteiger charge is -2.43. The Kier molecular flexibility index (Phi) is 8.00. The zero-order chi connectivity index (χ0) is 23.4. The molecule has 0 aliphatic heterocycles. The van der Waals surface area contributed by atoms with E-state index < -0.39 is 8.32 Å². The third-order valence-electron chi connectivity index (χ3n) is 7.55. The molecule has 0 amide bonds. The molecule has 1 saturated carbocycles. The third-order valence-corrected chi connectivity index (χ3v) is 12.6. The van der Waals surface area contributed by atoms with Crippen LogP contribution in [0.25, 0.3) is 0 Å². The van der Waals surface area contributed by atoms with E-state index in [0.29, 0.717) is 18.4 Å². The molecule has 1 aliphatic rings. The van der Waals surface area contributed by atoms with Gasteiger partial charge >= 0.3 is 0 Å². The van der Waals surface area contributed by atoms with Crippen LogP contribution in [0.4, 0.5) is 0 Å². The smallest absolute Gasteiger partial charge is 0.261 e. The van der Waals surface area contributed by atoms with E-state index in [1.807, 2.05) is 0 Å². The summed E-state index contributed by atoms with van der Waals surface area (Å²) in [7, 11) is 0.786. The minimum atomic E-state index is -2.57. The molecule has 0 heterocycles. The summed E-state index contributed by atoms with van der Waals surface area (Å²) in [5.74, 6) is 0.724. The predicted octanol–water partition coefficient (Wildman–Crippen LogP) is 4.21. The van der Waals surface area contributed by atoms with E-state index in [-0.39, 0.29) is 23.4 Å². The SMILES string of the molecule is COC(CC[C@H]1[C@H](CO[Si](c2ccccc2)(c2ccccc2)C(C)(C)C)[C@@]1(C)CO)OC. The van der Waals surface area contributed by atoms with Crippen molar-refractivity contribution in [2.24, 2.45) is 17.3 Å². The van der Waals surface area contributed by atoms with Gasteiger partial charge in [0.15, 0.2) is 6.29 Å². The molecule has 3 rings (SSSR count). The number of hydrogen-bond acceptors (Lipinski definition) is 4. The maximum atomic E-state index is 10.2. The first kappa shape index (κ1) is 25.1. The predicted molar refractivity (Wildman–Crippen MR) is 133 cm³/mol. The van der Waals surface area contributed by atoms with Crippen LogP contribution in [0.1, 0.15) is 40.5 Å². The highest BCUT2D eigenvalue weighted by Crippen LogP contribution is 2.61. The van der Waals surface area contributed by atoms with Crippen molar-refractivity contribution < 1.29 is 19.0 Å². The van der Waals surface area contributed by atoms with Gasteiger partial charge in [0.1, 0.15) is 0 Å². The maximum absolute atomic E-state index is 10.2. The summed E-state index contributed by atoms with van der Waals surface area (Å²) in [6.07, 6.45) is 1.58. The molecule has 1 fully saturated rings. The molecule has 0 aromatic heterocycles. The molecule has 176 valence electrons. The Morgan fingerprint density at radius 3 is 1.81 bits per heavy atom. The van der Waals surface area contributed by atoms with Crippen LogP contribution in [-0.2, 0) is 13.9 Å². The molecule has 0 bridgehead atoms. The Morgan fingerprint density at radius 2 is 1.41 bits per heavy atom. The van der Waals surface area contributed by atoms with Crippen molar-refractivity contribution in [3.05, 3.63) is 60.7 Å². The number of ether oxygens (including phenoxy) is 2. The second-order valence-corrected chi connectivity index (χ2v) is 14.6. The zero-order valence-corrected chi connectivity index (χ0v) is 21.5. The molecular weight excluding hydrogens is 416 g/mol. The quantitative estimate of drug-likeness (QED) is 0.407. The van der Waals surface area contributed by atoms with Gasteiger partial charge in [-0.3, -0.25) is 0 Å². The van der Waals surface area contributed by atoms with E-state index in [0.717, 1.165) is 12.8 Å². The van der Waals surface area contributed by atoms with Crippen molar-refractivity contribution in [1.82, 2.24) is 0 Å². The lowest BCUT2D eigenvalue weighted by Crippen LogP contribution is -2.66. The Hall–Kier alpha value is -1.50. The van der Waals surface area contributed by atoms with Crippen LogP contribution in [0.15, 0.2) is 60.7 Å². The number of aliphatic hydroxyl groups is 1. The van der Waals surface area contributed by atoms with Gasteiger partial charge in [-0.05, 0) is 45.5 Å². The fourth-order valence-electron chi connectivity index (χ4n) is 5.46. The van der Waals surface area contributed by atoms with Crippen molar-refractivity contribution in [2.45, 2.75) is 51.9 Å². The van der Waals surface area contributed by atoms with Crippen molar-refractivity contribution in [3.63, 3.8) is 0 Å². The summed E-state index contributed by atoms with van der Waals surface area (Å²) >= 11 is 0. The van der Waals surface area contributed by atoms with Gasteiger partial charge < -0.3 is 19.0 Å². The average molecular weight is 457 g/mol. The summed E-state index contributed by atoms with van der Waals surface area (Å²) in [4.78, 5) is 0. The molecular formula is C27H40O4Si. The summed E-state index contributed by atoms with van der Waals surface area (Å²) in [6, 6.07) is 21.5. The van der Waals surface area contributed by atoms with Gasteiger partial charge in [-0.2, -0.15) is 0 Å². The largest absolute Gasteiger partial charge is 0.407 e. The van der Waals surface area contributed by atoms with E-state index in [1.165, 1.54) is 10.4 Å².